The van der Waals surface area contributed by atoms with E-state index in [-0.39, 0.29) is 54.2 Å². The number of hydrogen-bond donors (Lipinski definition) is 3. The number of aromatic hydroxyl groups is 1. The highest BCUT2D eigenvalue weighted by molar-refractivity contribution is 6.41. The highest BCUT2D eigenvalue weighted by Gasteiger charge is 2.30. The number of hydrogen-bond acceptors (Lipinski definition) is 5. The van der Waals surface area contributed by atoms with Crippen LogP contribution in [-0.4, -0.2) is 27.3 Å². The molecule has 32 heavy (non-hydrogen) atoms. The van der Waals surface area contributed by atoms with Gasteiger partial charge in [-0.2, -0.15) is 0 Å². The maximum atomic E-state index is 12.1. The van der Waals surface area contributed by atoms with Gasteiger partial charge in [-0.05, 0) is 18.2 Å². The maximum Gasteiger partial charge on any atom is 0.337 e. The number of benzene rings is 3. The van der Waals surface area contributed by atoms with Gasteiger partial charge in [0.2, 0.25) is 5.43 Å². The van der Waals surface area contributed by atoms with Gasteiger partial charge >= 0.3 is 11.9 Å². The van der Waals surface area contributed by atoms with Crippen molar-refractivity contribution in [3.05, 3.63) is 71.8 Å². The predicted molar refractivity (Wildman–Crippen MR) is 120 cm³/mol. The first-order chi connectivity index (χ1) is 15.0. The van der Waals surface area contributed by atoms with E-state index in [2.05, 4.69) is 0 Å². The molecule has 2 aromatic carbocycles. The van der Waals surface area contributed by atoms with Gasteiger partial charge in [-0.15, -0.1) is 0 Å². The number of carbonyl (C=O) groups is 2. The minimum atomic E-state index is -1.48. The standard InChI is InChI=1S/C21H8Cl4O7/c22-9-1-6-14(4-12(9)26)32-15-5-13(27)10(23)2-7(15)16(6)18-17(21(30)31)11(24)3-8(19(18)25)20(28)29/h1-5,26H,(H,28,29)(H,30,31). The summed E-state index contributed by atoms with van der Waals surface area (Å²) in [5, 5.41) is 28.5. The minimum absolute atomic E-state index is 0.0142. The molecule has 0 amide bonds. The molecule has 1 aliphatic carbocycles. The lowest BCUT2D eigenvalue weighted by Gasteiger charge is -2.20. The average Bonchev–Trinajstić information content (AvgIpc) is 2.70. The topological polar surface area (TPSA) is 125 Å². The van der Waals surface area contributed by atoms with Gasteiger partial charge in [-0.25, -0.2) is 9.59 Å². The molecule has 1 aliphatic heterocycles. The highest BCUT2D eigenvalue weighted by Crippen LogP contribution is 2.48. The number of aromatic carboxylic acids is 2. The van der Waals surface area contributed by atoms with Gasteiger partial charge in [0.25, 0.3) is 0 Å². The maximum absolute atomic E-state index is 12.1. The highest BCUT2D eigenvalue weighted by atomic mass is 35.5. The fourth-order valence-corrected chi connectivity index (χ4v) is 4.33. The Morgan fingerprint density at radius 3 is 2.12 bits per heavy atom. The third-order valence-electron chi connectivity index (χ3n) is 4.75. The second-order valence-electron chi connectivity index (χ2n) is 6.64. The molecule has 0 atom stereocenters. The monoisotopic (exact) mass is 512 g/mol. The molecule has 0 bridgehead atoms. The first-order valence-corrected chi connectivity index (χ1v) is 10.1. The molecular weight excluding hydrogens is 506 g/mol. The fourth-order valence-electron chi connectivity index (χ4n) is 3.40. The quantitative estimate of drug-likeness (QED) is 0.275. The zero-order valence-electron chi connectivity index (χ0n) is 15.4. The van der Waals surface area contributed by atoms with E-state index in [9.17, 15) is 29.7 Å². The van der Waals surface area contributed by atoms with Gasteiger partial charge in [0, 0.05) is 34.2 Å². The van der Waals surface area contributed by atoms with E-state index < -0.39 is 33.5 Å². The molecule has 0 saturated carbocycles. The number of fused-ring (bicyclic) bond motifs is 2. The summed E-state index contributed by atoms with van der Waals surface area (Å²) in [4.78, 5) is 35.9. The Bertz CT molecular complexity index is 1510. The summed E-state index contributed by atoms with van der Waals surface area (Å²) in [6, 6.07) is 5.69. The van der Waals surface area contributed by atoms with Crippen molar-refractivity contribution in [3.63, 3.8) is 0 Å². The van der Waals surface area contributed by atoms with Gasteiger partial charge < -0.3 is 19.7 Å². The number of halogens is 4. The van der Waals surface area contributed by atoms with Crippen LogP contribution in [0.2, 0.25) is 20.1 Å². The normalized spacial score (nSPS) is 11.2. The minimum Gasteiger partial charge on any atom is -0.506 e. The van der Waals surface area contributed by atoms with Crippen molar-refractivity contribution in [3.8, 4) is 28.2 Å². The van der Waals surface area contributed by atoms with Crippen LogP contribution >= 0.6 is 46.4 Å². The first-order valence-electron chi connectivity index (χ1n) is 8.58. The second-order valence-corrected chi connectivity index (χ2v) is 8.24. The molecule has 2 aromatic rings. The van der Waals surface area contributed by atoms with Gasteiger partial charge in [0.15, 0.2) is 0 Å². The molecule has 2 aliphatic rings. The summed E-state index contributed by atoms with van der Waals surface area (Å²) in [6.45, 7) is 0. The molecular formula is C21H8Cl4O7. The first kappa shape index (κ1) is 22.2. The van der Waals surface area contributed by atoms with Crippen LogP contribution in [0.15, 0.2) is 39.5 Å². The molecule has 1 heterocycles. The molecule has 0 radical (unpaired) electrons. The summed E-state index contributed by atoms with van der Waals surface area (Å²) in [7, 11) is 0. The number of rotatable bonds is 3. The van der Waals surface area contributed by atoms with Gasteiger partial charge in [-0.3, -0.25) is 4.79 Å². The molecule has 11 heteroatoms. The van der Waals surface area contributed by atoms with Crippen molar-refractivity contribution < 1.29 is 29.3 Å². The Kier molecular flexibility index (Phi) is 5.46. The van der Waals surface area contributed by atoms with E-state index >= 15 is 0 Å². The van der Waals surface area contributed by atoms with Gasteiger partial charge in [-0.1, -0.05) is 46.4 Å². The predicted octanol–water partition coefficient (Wildman–Crippen LogP) is 6.28. The summed E-state index contributed by atoms with van der Waals surface area (Å²) in [5.41, 5.74) is -1.54. The third kappa shape index (κ3) is 3.43. The van der Waals surface area contributed by atoms with Crippen LogP contribution in [0, 0.1) is 0 Å². The van der Waals surface area contributed by atoms with Crippen LogP contribution in [0.25, 0.3) is 33.4 Å². The number of carboxylic acid groups (broad SMARTS) is 2. The summed E-state index contributed by atoms with van der Waals surface area (Å²) >= 11 is 24.6. The van der Waals surface area contributed by atoms with Crippen LogP contribution in [-0.2, 0) is 0 Å². The van der Waals surface area contributed by atoms with Gasteiger partial charge in [0.1, 0.15) is 17.1 Å². The van der Waals surface area contributed by atoms with E-state index in [1.165, 1.54) is 12.1 Å². The second kappa shape index (κ2) is 7.86. The van der Waals surface area contributed by atoms with Crippen LogP contribution in [0.1, 0.15) is 20.7 Å². The molecule has 162 valence electrons. The zero-order valence-corrected chi connectivity index (χ0v) is 18.4. The van der Waals surface area contributed by atoms with Crippen LogP contribution < -0.4 is 5.43 Å². The SMILES string of the molecule is O=C(O)c1cc(Cl)c(C(=O)O)c(-c2c3cc(Cl)c(=O)cc-3oc3cc(O)c(Cl)cc23)c1Cl. The molecule has 0 aromatic heterocycles. The molecule has 0 fully saturated rings. The molecule has 0 unspecified atom stereocenters. The number of carboxylic acids is 2. The Balaban J connectivity index is 2.36. The van der Waals surface area contributed by atoms with Crippen molar-refractivity contribution in [1.82, 2.24) is 0 Å². The zero-order chi connectivity index (χ0) is 23.5. The lowest BCUT2D eigenvalue weighted by Crippen LogP contribution is -2.09. The molecule has 0 saturated heterocycles. The molecule has 0 spiro atoms. The fraction of sp³-hybridized carbons (Fsp3) is 0. The van der Waals surface area contributed by atoms with Crippen LogP contribution in [0.3, 0.4) is 0 Å². The van der Waals surface area contributed by atoms with Crippen molar-refractivity contribution in [2.45, 2.75) is 0 Å². The number of phenolic OH excluding ortho intramolecular Hbond substituents is 1. The Labute approximate surface area is 198 Å². The van der Waals surface area contributed by atoms with E-state index in [0.29, 0.717) is 0 Å². The van der Waals surface area contributed by atoms with E-state index in [4.69, 9.17) is 50.8 Å². The van der Waals surface area contributed by atoms with Crippen molar-refractivity contribution in [1.29, 1.82) is 0 Å². The van der Waals surface area contributed by atoms with Crippen LogP contribution in [0.4, 0.5) is 0 Å². The average molecular weight is 514 g/mol. The van der Waals surface area contributed by atoms with Crippen LogP contribution in [0.5, 0.6) is 5.75 Å². The third-order valence-corrected chi connectivity index (χ3v) is 6.04. The number of phenols is 1. The molecule has 3 N–H and O–H groups in total. The van der Waals surface area contributed by atoms with Crippen molar-refractivity contribution in [2.75, 3.05) is 0 Å². The smallest absolute Gasteiger partial charge is 0.337 e. The van der Waals surface area contributed by atoms with Crippen molar-refractivity contribution >= 4 is 69.3 Å². The molecule has 4 rings (SSSR count). The molecule has 7 nitrogen and oxygen atoms in total. The van der Waals surface area contributed by atoms with Crippen molar-refractivity contribution in [2.24, 2.45) is 0 Å². The summed E-state index contributed by atoms with van der Waals surface area (Å²) in [5.74, 6) is -3.29. The van der Waals surface area contributed by atoms with E-state index in [1.807, 2.05) is 0 Å². The lowest BCUT2D eigenvalue weighted by molar-refractivity contribution is 0.0682. The lowest BCUT2D eigenvalue weighted by atomic mass is 9.89. The van der Waals surface area contributed by atoms with Gasteiger partial charge in [0.05, 0.1) is 31.2 Å². The summed E-state index contributed by atoms with van der Waals surface area (Å²) in [6.07, 6.45) is 0. The van der Waals surface area contributed by atoms with E-state index in [0.717, 1.165) is 18.2 Å². The Hall–Kier alpha value is -2.97. The largest absolute Gasteiger partial charge is 0.506 e. The Morgan fingerprint density at radius 1 is 0.812 bits per heavy atom. The summed E-state index contributed by atoms with van der Waals surface area (Å²) < 4.78 is 5.71. The van der Waals surface area contributed by atoms with E-state index in [1.54, 1.807) is 0 Å². The Morgan fingerprint density at radius 2 is 1.50 bits per heavy atom.